The van der Waals surface area contributed by atoms with E-state index in [1.165, 1.54) is 12.1 Å². The fourth-order valence-electron chi connectivity index (χ4n) is 1.45. The molecule has 0 aliphatic carbocycles. The van der Waals surface area contributed by atoms with Gasteiger partial charge in [-0.1, -0.05) is 17.7 Å². The predicted octanol–water partition coefficient (Wildman–Crippen LogP) is 2.38. The Morgan fingerprint density at radius 1 is 1.33 bits per heavy atom. The van der Waals surface area contributed by atoms with Crippen LogP contribution < -0.4 is 11.1 Å². The SMILES string of the molecule is N[C@H](CNc1ncccn1)c1ccc(F)c(Cl)c1. The highest BCUT2D eigenvalue weighted by Crippen LogP contribution is 2.19. The van der Waals surface area contributed by atoms with E-state index in [1.807, 2.05) is 0 Å². The summed E-state index contributed by atoms with van der Waals surface area (Å²) >= 11 is 5.70. The number of nitrogens with one attached hydrogen (secondary N) is 1. The largest absolute Gasteiger partial charge is 0.352 e. The third-order valence-corrected chi connectivity index (χ3v) is 2.71. The smallest absolute Gasteiger partial charge is 0.222 e. The lowest BCUT2D eigenvalue weighted by Crippen LogP contribution is -2.21. The second-order valence-corrected chi connectivity index (χ2v) is 4.14. The molecule has 2 aromatic rings. The van der Waals surface area contributed by atoms with E-state index in [-0.39, 0.29) is 11.1 Å². The molecule has 18 heavy (non-hydrogen) atoms. The Labute approximate surface area is 109 Å². The van der Waals surface area contributed by atoms with Gasteiger partial charge in [0.2, 0.25) is 5.95 Å². The summed E-state index contributed by atoms with van der Waals surface area (Å²) in [7, 11) is 0. The van der Waals surface area contributed by atoms with Crippen LogP contribution in [0.5, 0.6) is 0 Å². The van der Waals surface area contributed by atoms with Crippen LogP contribution in [-0.2, 0) is 0 Å². The number of benzene rings is 1. The van der Waals surface area contributed by atoms with Crippen molar-refractivity contribution in [1.29, 1.82) is 0 Å². The molecule has 94 valence electrons. The van der Waals surface area contributed by atoms with Crippen LogP contribution in [0.4, 0.5) is 10.3 Å². The Balaban J connectivity index is 1.99. The first-order valence-corrected chi connectivity index (χ1v) is 5.76. The maximum Gasteiger partial charge on any atom is 0.222 e. The summed E-state index contributed by atoms with van der Waals surface area (Å²) in [4.78, 5) is 8.02. The normalized spacial score (nSPS) is 12.2. The second kappa shape index (κ2) is 5.75. The van der Waals surface area contributed by atoms with E-state index >= 15 is 0 Å². The number of nitrogens with two attached hydrogens (primary N) is 1. The minimum Gasteiger partial charge on any atom is -0.352 e. The zero-order valence-electron chi connectivity index (χ0n) is 9.48. The van der Waals surface area contributed by atoms with Crippen LogP contribution in [0.3, 0.4) is 0 Å². The topological polar surface area (TPSA) is 63.8 Å². The third kappa shape index (κ3) is 3.15. The summed E-state index contributed by atoms with van der Waals surface area (Å²) in [6.45, 7) is 0.436. The third-order valence-electron chi connectivity index (χ3n) is 2.42. The van der Waals surface area contributed by atoms with Crippen molar-refractivity contribution in [3.05, 3.63) is 53.1 Å². The highest BCUT2D eigenvalue weighted by atomic mass is 35.5. The van der Waals surface area contributed by atoms with Crippen LogP contribution in [0.15, 0.2) is 36.7 Å². The fraction of sp³-hybridized carbons (Fsp3) is 0.167. The maximum atomic E-state index is 13.0. The summed E-state index contributed by atoms with van der Waals surface area (Å²) in [6, 6.07) is 5.85. The summed E-state index contributed by atoms with van der Waals surface area (Å²) in [6.07, 6.45) is 3.27. The van der Waals surface area contributed by atoms with Gasteiger partial charge in [-0.15, -0.1) is 0 Å². The fourth-order valence-corrected chi connectivity index (χ4v) is 1.64. The summed E-state index contributed by atoms with van der Waals surface area (Å²) in [5.74, 6) is 0.0492. The predicted molar refractivity (Wildman–Crippen MR) is 68.9 cm³/mol. The Kier molecular flexibility index (Phi) is 4.07. The number of rotatable bonds is 4. The molecule has 0 amide bonds. The Morgan fingerprint density at radius 2 is 2.06 bits per heavy atom. The van der Waals surface area contributed by atoms with Crippen molar-refractivity contribution in [2.45, 2.75) is 6.04 Å². The lowest BCUT2D eigenvalue weighted by atomic mass is 10.1. The zero-order valence-corrected chi connectivity index (χ0v) is 10.2. The highest BCUT2D eigenvalue weighted by molar-refractivity contribution is 6.30. The Bertz CT molecular complexity index is 521. The first kappa shape index (κ1) is 12.7. The number of anilines is 1. The van der Waals surface area contributed by atoms with Crippen molar-refractivity contribution in [3.8, 4) is 0 Å². The molecule has 1 heterocycles. The molecule has 0 saturated carbocycles. The van der Waals surface area contributed by atoms with Crippen molar-refractivity contribution in [2.24, 2.45) is 5.73 Å². The van der Waals surface area contributed by atoms with Gasteiger partial charge in [-0.05, 0) is 23.8 Å². The Hall–Kier alpha value is -1.72. The van der Waals surface area contributed by atoms with Crippen LogP contribution in [0.2, 0.25) is 5.02 Å². The Morgan fingerprint density at radius 3 is 2.72 bits per heavy atom. The molecule has 6 heteroatoms. The molecule has 0 saturated heterocycles. The molecule has 0 spiro atoms. The standard InChI is InChI=1S/C12H12ClFN4/c13-9-6-8(2-3-10(9)14)11(15)7-18-12-16-4-1-5-17-12/h1-6,11H,7,15H2,(H,16,17,18)/t11-/m1/s1. The molecule has 0 unspecified atom stereocenters. The molecule has 0 aliphatic rings. The van der Waals surface area contributed by atoms with Gasteiger partial charge in [-0.3, -0.25) is 0 Å². The van der Waals surface area contributed by atoms with Crippen LogP contribution in [0.1, 0.15) is 11.6 Å². The van der Waals surface area contributed by atoms with Crippen LogP contribution in [0, 0.1) is 5.82 Å². The molecule has 4 nitrogen and oxygen atoms in total. The van der Waals surface area contributed by atoms with Gasteiger partial charge in [-0.25, -0.2) is 14.4 Å². The van der Waals surface area contributed by atoms with Gasteiger partial charge >= 0.3 is 0 Å². The first-order valence-electron chi connectivity index (χ1n) is 5.38. The molecule has 0 radical (unpaired) electrons. The van der Waals surface area contributed by atoms with Gasteiger partial charge in [0.05, 0.1) is 5.02 Å². The van der Waals surface area contributed by atoms with Crippen molar-refractivity contribution >= 4 is 17.5 Å². The lowest BCUT2D eigenvalue weighted by Gasteiger charge is -2.13. The summed E-state index contributed by atoms with van der Waals surface area (Å²) < 4.78 is 13.0. The monoisotopic (exact) mass is 266 g/mol. The molecule has 1 atom stereocenters. The quantitative estimate of drug-likeness (QED) is 0.892. The number of aromatic nitrogens is 2. The molecular weight excluding hydrogens is 255 g/mol. The van der Waals surface area contributed by atoms with E-state index in [1.54, 1.807) is 24.5 Å². The lowest BCUT2D eigenvalue weighted by molar-refractivity contribution is 0.625. The number of nitrogens with zero attached hydrogens (tertiary/aromatic N) is 2. The maximum absolute atomic E-state index is 13.0. The number of hydrogen-bond acceptors (Lipinski definition) is 4. The van der Waals surface area contributed by atoms with Gasteiger partial charge in [0.15, 0.2) is 0 Å². The van der Waals surface area contributed by atoms with Crippen molar-refractivity contribution < 1.29 is 4.39 Å². The van der Waals surface area contributed by atoms with E-state index in [2.05, 4.69) is 15.3 Å². The van der Waals surface area contributed by atoms with Gasteiger partial charge < -0.3 is 11.1 Å². The molecule has 1 aromatic heterocycles. The molecule has 0 fully saturated rings. The number of hydrogen-bond donors (Lipinski definition) is 2. The first-order chi connectivity index (χ1) is 8.66. The van der Waals surface area contributed by atoms with Crippen LogP contribution in [-0.4, -0.2) is 16.5 Å². The molecule has 0 bridgehead atoms. The number of halogens is 2. The molecular formula is C12H12ClFN4. The average molecular weight is 267 g/mol. The molecule has 2 rings (SSSR count). The van der Waals surface area contributed by atoms with Gasteiger partial charge in [-0.2, -0.15) is 0 Å². The average Bonchev–Trinajstić information content (AvgIpc) is 2.40. The highest BCUT2D eigenvalue weighted by Gasteiger charge is 2.09. The van der Waals surface area contributed by atoms with E-state index in [0.717, 1.165) is 5.56 Å². The zero-order chi connectivity index (χ0) is 13.0. The van der Waals surface area contributed by atoms with E-state index in [9.17, 15) is 4.39 Å². The molecule has 3 N–H and O–H groups in total. The van der Waals surface area contributed by atoms with Crippen LogP contribution >= 0.6 is 11.6 Å². The van der Waals surface area contributed by atoms with Crippen molar-refractivity contribution in [2.75, 3.05) is 11.9 Å². The van der Waals surface area contributed by atoms with E-state index < -0.39 is 5.82 Å². The van der Waals surface area contributed by atoms with Crippen LogP contribution in [0.25, 0.3) is 0 Å². The van der Waals surface area contributed by atoms with Gasteiger partial charge in [0.1, 0.15) is 5.82 Å². The minimum atomic E-state index is -0.452. The molecule has 1 aromatic carbocycles. The van der Waals surface area contributed by atoms with Gasteiger partial charge in [0, 0.05) is 25.0 Å². The summed E-state index contributed by atoms with van der Waals surface area (Å²) in [5.41, 5.74) is 6.72. The minimum absolute atomic E-state index is 0.0684. The van der Waals surface area contributed by atoms with E-state index in [4.69, 9.17) is 17.3 Å². The van der Waals surface area contributed by atoms with Gasteiger partial charge in [0.25, 0.3) is 0 Å². The van der Waals surface area contributed by atoms with Crippen molar-refractivity contribution in [1.82, 2.24) is 9.97 Å². The van der Waals surface area contributed by atoms with Crippen molar-refractivity contribution in [3.63, 3.8) is 0 Å². The van der Waals surface area contributed by atoms with E-state index in [0.29, 0.717) is 12.5 Å². The second-order valence-electron chi connectivity index (χ2n) is 3.73. The summed E-state index contributed by atoms with van der Waals surface area (Å²) in [5, 5.41) is 3.06. The molecule has 0 aliphatic heterocycles.